The van der Waals surface area contributed by atoms with Gasteiger partial charge in [-0.1, -0.05) is 30.3 Å². The molecule has 6 heteroatoms. The van der Waals surface area contributed by atoms with Crippen LogP contribution in [0.4, 0.5) is 0 Å². The van der Waals surface area contributed by atoms with E-state index < -0.39 is 0 Å². The first kappa shape index (κ1) is 16.6. The number of amides is 2. The van der Waals surface area contributed by atoms with Crippen molar-refractivity contribution in [3.8, 4) is 0 Å². The van der Waals surface area contributed by atoms with Crippen LogP contribution in [-0.4, -0.2) is 66.5 Å². The van der Waals surface area contributed by atoms with Crippen LogP contribution in [0.3, 0.4) is 0 Å². The monoisotopic (exact) mass is 351 g/mol. The van der Waals surface area contributed by atoms with Crippen LogP contribution in [0, 0.1) is 0 Å². The molecule has 0 aliphatic carbocycles. The lowest BCUT2D eigenvalue weighted by Crippen LogP contribution is -2.51. The third-order valence-corrected chi connectivity index (χ3v) is 4.95. The van der Waals surface area contributed by atoms with Crippen LogP contribution in [-0.2, 0) is 9.53 Å². The summed E-state index contributed by atoms with van der Waals surface area (Å²) < 4.78 is 4.89. The molecule has 1 aliphatic heterocycles. The van der Waals surface area contributed by atoms with Gasteiger partial charge in [-0.15, -0.1) is 0 Å². The molecule has 0 spiro atoms. The molecule has 0 bridgehead atoms. The molecule has 1 fully saturated rings. The highest BCUT2D eigenvalue weighted by Crippen LogP contribution is 2.26. The number of rotatable bonds is 3. The number of hydrogen-bond acceptors (Lipinski definition) is 3. The minimum atomic E-state index is -0.0309. The molecule has 2 aromatic carbocycles. The molecular weight excluding hydrogens is 330 g/mol. The van der Waals surface area contributed by atoms with Crippen molar-refractivity contribution in [1.82, 2.24) is 14.8 Å². The number of carbonyl (C=O) groups excluding carboxylic acids is 2. The Labute approximate surface area is 151 Å². The van der Waals surface area contributed by atoms with Gasteiger partial charge in [-0.2, -0.15) is 0 Å². The summed E-state index contributed by atoms with van der Waals surface area (Å²) in [6.07, 6.45) is 0. The zero-order valence-electron chi connectivity index (χ0n) is 14.7. The highest BCUT2D eigenvalue weighted by Gasteiger charge is 2.25. The Morgan fingerprint density at radius 3 is 2.50 bits per heavy atom. The summed E-state index contributed by atoms with van der Waals surface area (Å²) >= 11 is 0. The second kappa shape index (κ2) is 6.80. The number of ether oxygens (including phenoxy) is 1. The highest BCUT2D eigenvalue weighted by atomic mass is 16.5. The fraction of sp³-hybridized carbons (Fsp3) is 0.300. The minimum Gasteiger partial charge on any atom is -0.375 e. The van der Waals surface area contributed by atoms with E-state index in [9.17, 15) is 9.59 Å². The van der Waals surface area contributed by atoms with E-state index in [0.717, 1.165) is 21.7 Å². The summed E-state index contributed by atoms with van der Waals surface area (Å²) in [4.78, 5) is 31.5. The Kier molecular flexibility index (Phi) is 4.34. The molecule has 134 valence electrons. The predicted molar refractivity (Wildman–Crippen MR) is 100 cm³/mol. The van der Waals surface area contributed by atoms with Gasteiger partial charge in [0.1, 0.15) is 12.3 Å². The number of aromatic nitrogens is 1. The van der Waals surface area contributed by atoms with Gasteiger partial charge in [0.25, 0.3) is 5.91 Å². The Bertz CT molecular complexity index is 971. The molecule has 1 N–H and O–H groups in total. The summed E-state index contributed by atoms with van der Waals surface area (Å²) in [5, 5.41) is 3.35. The van der Waals surface area contributed by atoms with Gasteiger partial charge in [0, 0.05) is 44.2 Å². The maximum absolute atomic E-state index is 12.9. The maximum Gasteiger partial charge on any atom is 0.270 e. The van der Waals surface area contributed by atoms with Gasteiger partial charge in [-0.05, 0) is 22.9 Å². The Balaban J connectivity index is 1.54. The molecule has 0 unspecified atom stereocenters. The SMILES string of the molecule is COCC(=O)N1CCN(C(=O)c2cc3c(ccc4ccccc43)[nH]2)CC1. The van der Waals surface area contributed by atoms with Crippen molar-refractivity contribution in [2.45, 2.75) is 0 Å². The maximum atomic E-state index is 12.9. The molecule has 1 aromatic heterocycles. The zero-order valence-corrected chi connectivity index (χ0v) is 14.7. The molecule has 2 heterocycles. The van der Waals surface area contributed by atoms with E-state index in [0.29, 0.717) is 31.9 Å². The van der Waals surface area contributed by atoms with Gasteiger partial charge < -0.3 is 19.5 Å². The predicted octanol–water partition coefficient (Wildman–Crippen LogP) is 2.25. The van der Waals surface area contributed by atoms with E-state index in [1.54, 1.807) is 9.80 Å². The van der Waals surface area contributed by atoms with Gasteiger partial charge in [-0.3, -0.25) is 9.59 Å². The highest BCUT2D eigenvalue weighted by molar-refractivity contribution is 6.09. The topological polar surface area (TPSA) is 65.6 Å². The first-order valence-electron chi connectivity index (χ1n) is 8.74. The molecule has 3 aromatic rings. The van der Waals surface area contributed by atoms with E-state index in [4.69, 9.17) is 4.74 Å². The Morgan fingerprint density at radius 2 is 1.73 bits per heavy atom. The van der Waals surface area contributed by atoms with Crippen molar-refractivity contribution in [3.05, 3.63) is 48.2 Å². The molecule has 0 saturated carbocycles. The van der Waals surface area contributed by atoms with Crippen LogP contribution in [0.2, 0.25) is 0 Å². The normalized spacial score (nSPS) is 15.0. The van der Waals surface area contributed by atoms with Crippen LogP contribution in [0.25, 0.3) is 21.7 Å². The lowest BCUT2D eigenvalue weighted by molar-refractivity contribution is -0.136. The summed E-state index contributed by atoms with van der Waals surface area (Å²) in [5.74, 6) is -0.0548. The first-order valence-corrected chi connectivity index (χ1v) is 8.74. The number of methoxy groups -OCH3 is 1. The molecular formula is C20H21N3O3. The molecule has 0 radical (unpaired) electrons. The molecule has 26 heavy (non-hydrogen) atoms. The average molecular weight is 351 g/mol. The molecule has 4 rings (SSSR count). The largest absolute Gasteiger partial charge is 0.375 e. The molecule has 1 aliphatic rings. The second-order valence-corrected chi connectivity index (χ2v) is 6.54. The second-order valence-electron chi connectivity index (χ2n) is 6.54. The zero-order chi connectivity index (χ0) is 18.1. The number of carbonyl (C=O) groups is 2. The number of benzene rings is 2. The van der Waals surface area contributed by atoms with Crippen LogP contribution >= 0.6 is 0 Å². The van der Waals surface area contributed by atoms with Crippen LogP contribution in [0.1, 0.15) is 10.5 Å². The first-order chi connectivity index (χ1) is 12.7. The standard InChI is InChI=1S/C20H21N3O3/c1-26-13-19(24)22-8-10-23(11-9-22)20(25)18-12-16-15-5-3-2-4-14(15)6-7-17(16)21-18/h2-7,12,21H,8-11,13H2,1H3. The van der Waals surface area contributed by atoms with E-state index in [-0.39, 0.29) is 18.4 Å². The van der Waals surface area contributed by atoms with Gasteiger partial charge in [0.2, 0.25) is 5.91 Å². The molecule has 2 amide bonds. The number of piperazine rings is 1. The molecule has 0 atom stereocenters. The van der Waals surface area contributed by atoms with Crippen molar-refractivity contribution in [1.29, 1.82) is 0 Å². The van der Waals surface area contributed by atoms with Crippen molar-refractivity contribution < 1.29 is 14.3 Å². The summed E-state index contributed by atoms with van der Waals surface area (Å²) in [5.41, 5.74) is 1.55. The Morgan fingerprint density at radius 1 is 1.00 bits per heavy atom. The molecule has 1 saturated heterocycles. The average Bonchev–Trinajstić information content (AvgIpc) is 3.12. The fourth-order valence-corrected chi connectivity index (χ4v) is 3.54. The number of H-pyrrole nitrogens is 1. The fourth-order valence-electron chi connectivity index (χ4n) is 3.54. The van der Waals surface area contributed by atoms with Crippen molar-refractivity contribution >= 4 is 33.5 Å². The third-order valence-electron chi connectivity index (χ3n) is 4.95. The smallest absolute Gasteiger partial charge is 0.270 e. The lowest BCUT2D eigenvalue weighted by atomic mass is 10.1. The number of nitrogens with one attached hydrogen (secondary N) is 1. The van der Waals surface area contributed by atoms with Gasteiger partial charge >= 0.3 is 0 Å². The Hall–Kier alpha value is -2.86. The summed E-state index contributed by atoms with van der Waals surface area (Å²) in [7, 11) is 1.51. The van der Waals surface area contributed by atoms with Gasteiger partial charge in [0.05, 0.1) is 0 Å². The van der Waals surface area contributed by atoms with Gasteiger partial charge in [0.15, 0.2) is 0 Å². The van der Waals surface area contributed by atoms with E-state index in [2.05, 4.69) is 23.2 Å². The third kappa shape index (κ3) is 2.93. The van der Waals surface area contributed by atoms with Gasteiger partial charge in [-0.25, -0.2) is 0 Å². The van der Waals surface area contributed by atoms with Crippen molar-refractivity contribution in [2.24, 2.45) is 0 Å². The van der Waals surface area contributed by atoms with Crippen molar-refractivity contribution in [2.75, 3.05) is 39.9 Å². The lowest BCUT2D eigenvalue weighted by Gasteiger charge is -2.34. The number of hydrogen-bond donors (Lipinski definition) is 1. The van der Waals surface area contributed by atoms with Crippen LogP contribution < -0.4 is 0 Å². The minimum absolute atomic E-state index is 0.0240. The van der Waals surface area contributed by atoms with Crippen LogP contribution in [0.5, 0.6) is 0 Å². The summed E-state index contributed by atoms with van der Waals surface area (Å²) in [6.45, 7) is 2.23. The summed E-state index contributed by atoms with van der Waals surface area (Å²) in [6, 6.07) is 14.2. The number of fused-ring (bicyclic) bond motifs is 3. The van der Waals surface area contributed by atoms with E-state index >= 15 is 0 Å². The van der Waals surface area contributed by atoms with Crippen LogP contribution in [0.15, 0.2) is 42.5 Å². The number of nitrogens with zero attached hydrogens (tertiary/aromatic N) is 2. The van der Waals surface area contributed by atoms with Crippen molar-refractivity contribution in [3.63, 3.8) is 0 Å². The van der Waals surface area contributed by atoms with E-state index in [1.807, 2.05) is 24.3 Å². The molecule has 6 nitrogen and oxygen atoms in total. The van der Waals surface area contributed by atoms with E-state index in [1.165, 1.54) is 7.11 Å². The quantitative estimate of drug-likeness (QED) is 0.787. The number of aromatic amines is 1.